The second kappa shape index (κ2) is 8.73. The number of rotatable bonds is 7. The van der Waals surface area contributed by atoms with Crippen LogP contribution >= 0.6 is 12.4 Å². The molecule has 0 aliphatic heterocycles. The van der Waals surface area contributed by atoms with Crippen LogP contribution in [0.2, 0.25) is 0 Å². The first-order valence-electron chi connectivity index (χ1n) is 6.44. The van der Waals surface area contributed by atoms with Crippen LogP contribution in [-0.4, -0.2) is 39.2 Å². The number of carbonyl (C=O) groups is 1. The van der Waals surface area contributed by atoms with Gasteiger partial charge in [0.25, 0.3) is 0 Å². The molecule has 4 N–H and O–H groups in total. The smallest absolute Gasteiger partial charge is 0.220 e. The van der Waals surface area contributed by atoms with Crippen molar-refractivity contribution in [2.45, 2.75) is 38.6 Å². The largest absolute Gasteiger partial charge is 0.355 e. The highest BCUT2D eigenvalue weighted by Gasteiger charge is 2.25. The lowest BCUT2D eigenvalue weighted by molar-refractivity contribution is -0.122. The van der Waals surface area contributed by atoms with Crippen molar-refractivity contribution in [3.8, 4) is 0 Å². The molecule has 0 saturated heterocycles. The Balaban J connectivity index is 0.00000324. The molecule has 0 aromatic rings. The van der Waals surface area contributed by atoms with Gasteiger partial charge in [-0.3, -0.25) is 4.79 Å². The maximum atomic E-state index is 11.6. The van der Waals surface area contributed by atoms with Gasteiger partial charge in [0.1, 0.15) is 0 Å². The molecule has 1 aliphatic carbocycles. The van der Waals surface area contributed by atoms with Gasteiger partial charge in [-0.1, -0.05) is 6.42 Å². The van der Waals surface area contributed by atoms with E-state index in [9.17, 15) is 13.2 Å². The van der Waals surface area contributed by atoms with Crippen molar-refractivity contribution in [1.82, 2.24) is 10.0 Å². The quantitative estimate of drug-likeness (QED) is 0.575. The Morgan fingerprint density at radius 1 is 1.32 bits per heavy atom. The van der Waals surface area contributed by atoms with Crippen LogP contribution in [0.5, 0.6) is 0 Å². The summed E-state index contributed by atoms with van der Waals surface area (Å²) < 4.78 is 24.6. The van der Waals surface area contributed by atoms with Gasteiger partial charge in [-0.25, -0.2) is 13.1 Å². The van der Waals surface area contributed by atoms with E-state index in [1.165, 1.54) is 0 Å². The maximum absolute atomic E-state index is 11.6. The van der Waals surface area contributed by atoms with Gasteiger partial charge in [0.15, 0.2) is 0 Å². The lowest BCUT2D eigenvalue weighted by atomic mass is 10.00. The number of amides is 1. The first-order chi connectivity index (χ1) is 8.44. The van der Waals surface area contributed by atoms with Crippen LogP contribution in [0.25, 0.3) is 0 Å². The van der Waals surface area contributed by atoms with Gasteiger partial charge in [0.2, 0.25) is 15.9 Å². The molecule has 0 aromatic heterocycles. The van der Waals surface area contributed by atoms with Gasteiger partial charge < -0.3 is 11.1 Å². The lowest BCUT2D eigenvalue weighted by Gasteiger charge is -2.14. The van der Waals surface area contributed by atoms with Gasteiger partial charge >= 0.3 is 0 Å². The van der Waals surface area contributed by atoms with Crippen molar-refractivity contribution in [3.05, 3.63) is 0 Å². The van der Waals surface area contributed by atoms with Crippen LogP contribution in [0.4, 0.5) is 0 Å². The molecule has 0 spiro atoms. The number of halogens is 1. The van der Waals surface area contributed by atoms with E-state index in [1.54, 1.807) is 6.92 Å². The number of sulfonamides is 1. The second-order valence-corrected chi connectivity index (χ2v) is 6.80. The Kier molecular flexibility index (Phi) is 8.56. The lowest BCUT2D eigenvalue weighted by Crippen LogP contribution is -2.37. The van der Waals surface area contributed by atoms with E-state index in [-0.39, 0.29) is 42.6 Å². The van der Waals surface area contributed by atoms with Crippen LogP contribution in [0.15, 0.2) is 0 Å². The normalized spacial score (nSPS) is 22.8. The van der Waals surface area contributed by atoms with Crippen molar-refractivity contribution in [2.75, 3.05) is 18.8 Å². The third kappa shape index (κ3) is 7.10. The highest BCUT2D eigenvalue weighted by atomic mass is 35.5. The summed E-state index contributed by atoms with van der Waals surface area (Å²) in [6.45, 7) is 2.13. The predicted octanol–water partition coefficient (Wildman–Crippen LogP) is -0.0188. The minimum Gasteiger partial charge on any atom is -0.355 e. The van der Waals surface area contributed by atoms with Crippen molar-refractivity contribution >= 4 is 28.3 Å². The zero-order chi connectivity index (χ0) is 13.6. The van der Waals surface area contributed by atoms with Gasteiger partial charge in [0.05, 0.1) is 5.75 Å². The topological polar surface area (TPSA) is 101 Å². The highest BCUT2D eigenvalue weighted by molar-refractivity contribution is 7.89. The summed E-state index contributed by atoms with van der Waals surface area (Å²) >= 11 is 0. The first kappa shape index (κ1) is 18.6. The fraction of sp³-hybridized carbons (Fsp3) is 0.909. The van der Waals surface area contributed by atoms with Gasteiger partial charge in [0, 0.05) is 25.6 Å². The molecule has 1 saturated carbocycles. The summed E-state index contributed by atoms with van der Waals surface area (Å²) in [5.74, 6) is 0.281. The number of nitrogens with two attached hydrogens (primary N) is 1. The Bertz CT molecular complexity index is 375. The highest BCUT2D eigenvalue weighted by Crippen LogP contribution is 2.26. The van der Waals surface area contributed by atoms with E-state index in [1.807, 2.05) is 0 Å². The SMILES string of the molecule is CCS(=O)(=O)NCCNC(=O)C[C@@H]1CCC[C@H]1N.Cl. The molecule has 1 amide bonds. The monoisotopic (exact) mass is 313 g/mol. The van der Waals surface area contributed by atoms with Crippen molar-refractivity contribution in [1.29, 1.82) is 0 Å². The summed E-state index contributed by atoms with van der Waals surface area (Å²) in [5.41, 5.74) is 5.89. The fourth-order valence-corrected chi connectivity index (χ4v) is 2.76. The first-order valence-corrected chi connectivity index (χ1v) is 8.09. The number of nitrogens with one attached hydrogen (secondary N) is 2. The molecule has 8 heteroatoms. The van der Waals surface area contributed by atoms with Crippen LogP contribution in [-0.2, 0) is 14.8 Å². The molecular weight excluding hydrogens is 290 g/mol. The molecule has 0 aromatic carbocycles. The molecule has 0 bridgehead atoms. The zero-order valence-corrected chi connectivity index (χ0v) is 12.9. The van der Waals surface area contributed by atoms with Gasteiger partial charge in [-0.05, 0) is 25.7 Å². The van der Waals surface area contributed by atoms with E-state index in [0.717, 1.165) is 19.3 Å². The molecule has 0 radical (unpaired) electrons. The Morgan fingerprint density at radius 2 is 2.00 bits per heavy atom. The molecule has 0 heterocycles. The van der Waals surface area contributed by atoms with Crippen LogP contribution in [0.1, 0.15) is 32.6 Å². The van der Waals surface area contributed by atoms with E-state index in [0.29, 0.717) is 13.0 Å². The Hall–Kier alpha value is -0.370. The predicted molar refractivity (Wildman–Crippen MR) is 77.7 cm³/mol. The molecule has 114 valence electrons. The molecule has 2 atom stereocenters. The van der Waals surface area contributed by atoms with E-state index in [2.05, 4.69) is 10.0 Å². The van der Waals surface area contributed by atoms with Crippen molar-refractivity contribution in [2.24, 2.45) is 11.7 Å². The second-order valence-electron chi connectivity index (χ2n) is 4.71. The van der Waals surface area contributed by atoms with Crippen LogP contribution < -0.4 is 15.8 Å². The maximum Gasteiger partial charge on any atom is 0.220 e. The molecular formula is C11H24ClN3O3S. The van der Waals surface area contributed by atoms with Gasteiger partial charge in [-0.2, -0.15) is 0 Å². The molecule has 0 unspecified atom stereocenters. The summed E-state index contributed by atoms with van der Waals surface area (Å²) in [6, 6.07) is 0.134. The average molecular weight is 314 g/mol. The Labute approximate surface area is 121 Å². The average Bonchev–Trinajstić information content (AvgIpc) is 2.71. The van der Waals surface area contributed by atoms with E-state index >= 15 is 0 Å². The summed E-state index contributed by atoms with van der Waals surface area (Å²) in [7, 11) is -3.17. The standard InChI is InChI=1S/C11H23N3O3S.ClH/c1-2-18(16,17)14-7-6-13-11(15)8-9-4-3-5-10(9)12;/h9-10,14H,2-8,12H2,1H3,(H,13,15);1H/t9-,10+;/m0./s1. The molecule has 1 aliphatic rings. The number of hydrogen-bond donors (Lipinski definition) is 3. The van der Waals surface area contributed by atoms with Gasteiger partial charge in [-0.15, -0.1) is 12.4 Å². The zero-order valence-electron chi connectivity index (χ0n) is 11.2. The minimum atomic E-state index is -3.17. The summed E-state index contributed by atoms with van der Waals surface area (Å²) in [6.07, 6.45) is 3.54. The van der Waals surface area contributed by atoms with E-state index < -0.39 is 10.0 Å². The molecule has 1 rings (SSSR count). The number of hydrogen-bond acceptors (Lipinski definition) is 4. The Morgan fingerprint density at radius 3 is 2.53 bits per heavy atom. The van der Waals surface area contributed by atoms with Crippen molar-refractivity contribution < 1.29 is 13.2 Å². The number of carbonyl (C=O) groups excluding carboxylic acids is 1. The fourth-order valence-electron chi connectivity index (χ4n) is 2.14. The third-order valence-corrected chi connectivity index (χ3v) is 4.72. The minimum absolute atomic E-state index is 0. The summed E-state index contributed by atoms with van der Waals surface area (Å²) in [5, 5.41) is 2.71. The molecule has 19 heavy (non-hydrogen) atoms. The van der Waals surface area contributed by atoms with Crippen molar-refractivity contribution in [3.63, 3.8) is 0 Å². The van der Waals surface area contributed by atoms with E-state index in [4.69, 9.17) is 5.73 Å². The van der Waals surface area contributed by atoms with Crippen LogP contribution in [0.3, 0.4) is 0 Å². The summed E-state index contributed by atoms with van der Waals surface area (Å²) in [4.78, 5) is 11.6. The third-order valence-electron chi connectivity index (χ3n) is 3.31. The molecule has 6 nitrogen and oxygen atoms in total. The molecule has 1 fully saturated rings. The van der Waals surface area contributed by atoms with Crippen LogP contribution in [0, 0.1) is 5.92 Å².